The first-order chi connectivity index (χ1) is 11.0. The Morgan fingerprint density at radius 3 is 2.04 bits per heavy atom. The zero-order valence-corrected chi connectivity index (χ0v) is 13.5. The topological polar surface area (TPSA) is 52.6 Å². The van der Waals surface area contributed by atoms with Crippen molar-refractivity contribution < 1.29 is 19.1 Å². The highest BCUT2D eigenvalue weighted by Gasteiger charge is 2.12. The van der Waals surface area contributed by atoms with Gasteiger partial charge in [0.1, 0.15) is 5.75 Å². The molecular weight excluding hydrogens is 292 g/mol. The van der Waals surface area contributed by atoms with Gasteiger partial charge in [-0.05, 0) is 48.7 Å². The van der Waals surface area contributed by atoms with E-state index in [4.69, 9.17) is 9.47 Å². The monoisotopic (exact) mass is 312 g/mol. The van der Waals surface area contributed by atoms with Crippen LogP contribution in [0.2, 0.25) is 0 Å². The molecule has 2 aromatic rings. The van der Waals surface area contributed by atoms with E-state index >= 15 is 0 Å². The molecule has 0 N–H and O–H groups in total. The van der Waals surface area contributed by atoms with Gasteiger partial charge in [-0.25, -0.2) is 9.59 Å². The third-order valence-electron chi connectivity index (χ3n) is 3.20. The van der Waals surface area contributed by atoms with Crippen molar-refractivity contribution in [3.8, 4) is 5.75 Å². The van der Waals surface area contributed by atoms with E-state index < -0.39 is 11.9 Å². The van der Waals surface area contributed by atoms with Crippen LogP contribution in [0.1, 0.15) is 40.1 Å². The summed E-state index contributed by atoms with van der Waals surface area (Å²) in [4.78, 5) is 24.0. The molecule has 0 spiro atoms. The SMILES string of the molecule is Cc1ccccc1OC(=O)c1ccc(C(=O)OCC(C)C)cc1. The maximum Gasteiger partial charge on any atom is 0.343 e. The maximum absolute atomic E-state index is 12.1. The molecule has 23 heavy (non-hydrogen) atoms. The van der Waals surface area contributed by atoms with Gasteiger partial charge in [0, 0.05) is 0 Å². The van der Waals surface area contributed by atoms with Crippen LogP contribution >= 0.6 is 0 Å². The lowest BCUT2D eigenvalue weighted by atomic mass is 10.1. The van der Waals surface area contributed by atoms with Gasteiger partial charge >= 0.3 is 11.9 Å². The van der Waals surface area contributed by atoms with Gasteiger partial charge in [0.05, 0.1) is 17.7 Å². The summed E-state index contributed by atoms with van der Waals surface area (Å²) in [7, 11) is 0. The fourth-order valence-electron chi connectivity index (χ4n) is 1.90. The largest absolute Gasteiger partial charge is 0.462 e. The molecule has 0 heterocycles. The first-order valence-electron chi connectivity index (χ1n) is 7.52. The Morgan fingerprint density at radius 1 is 0.913 bits per heavy atom. The molecule has 0 unspecified atom stereocenters. The smallest absolute Gasteiger partial charge is 0.343 e. The molecule has 120 valence electrons. The molecule has 0 radical (unpaired) electrons. The maximum atomic E-state index is 12.1. The lowest BCUT2D eigenvalue weighted by Crippen LogP contribution is -2.12. The van der Waals surface area contributed by atoms with Crippen molar-refractivity contribution in [3.05, 3.63) is 65.2 Å². The van der Waals surface area contributed by atoms with Crippen LogP contribution in [0, 0.1) is 12.8 Å². The summed E-state index contributed by atoms with van der Waals surface area (Å²) in [6, 6.07) is 13.6. The van der Waals surface area contributed by atoms with E-state index in [9.17, 15) is 9.59 Å². The number of hydrogen-bond acceptors (Lipinski definition) is 4. The first-order valence-corrected chi connectivity index (χ1v) is 7.52. The Kier molecular flexibility index (Phi) is 5.52. The van der Waals surface area contributed by atoms with Crippen molar-refractivity contribution in [1.29, 1.82) is 0 Å². The summed E-state index contributed by atoms with van der Waals surface area (Å²) in [5.41, 5.74) is 1.68. The zero-order chi connectivity index (χ0) is 16.8. The van der Waals surface area contributed by atoms with Gasteiger partial charge in [-0.15, -0.1) is 0 Å². The van der Waals surface area contributed by atoms with E-state index in [0.717, 1.165) is 5.56 Å². The molecule has 4 nitrogen and oxygen atoms in total. The van der Waals surface area contributed by atoms with Crippen molar-refractivity contribution in [2.45, 2.75) is 20.8 Å². The molecule has 0 amide bonds. The standard InChI is InChI=1S/C19H20O4/c1-13(2)12-22-18(20)15-8-10-16(11-9-15)19(21)23-17-7-5-4-6-14(17)3/h4-11,13H,12H2,1-3H3. The number of esters is 2. The third kappa shape index (κ3) is 4.68. The normalized spacial score (nSPS) is 10.4. The van der Waals surface area contributed by atoms with Crippen molar-refractivity contribution in [3.63, 3.8) is 0 Å². The summed E-state index contributed by atoms with van der Waals surface area (Å²) in [6.45, 7) is 6.18. The molecule has 2 aromatic carbocycles. The summed E-state index contributed by atoms with van der Waals surface area (Å²) in [5.74, 6) is -0.0425. The highest BCUT2D eigenvalue weighted by Crippen LogP contribution is 2.18. The van der Waals surface area contributed by atoms with Crippen LogP contribution in [0.4, 0.5) is 0 Å². The number of para-hydroxylation sites is 1. The van der Waals surface area contributed by atoms with Crippen molar-refractivity contribution in [2.24, 2.45) is 5.92 Å². The molecule has 0 aliphatic carbocycles. The van der Waals surface area contributed by atoms with E-state index in [2.05, 4.69) is 0 Å². The second kappa shape index (κ2) is 7.58. The number of aryl methyl sites for hydroxylation is 1. The molecule has 0 aliphatic heterocycles. The van der Waals surface area contributed by atoms with E-state index in [0.29, 0.717) is 23.5 Å². The lowest BCUT2D eigenvalue weighted by molar-refractivity contribution is 0.0458. The van der Waals surface area contributed by atoms with E-state index in [-0.39, 0.29) is 5.92 Å². The average molecular weight is 312 g/mol. The lowest BCUT2D eigenvalue weighted by Gasteiger charge is -2.08. The predicted molar refractivity (Wildman–Crippen MR) is 87.7 cm³/mol. The van der Waals surface area contributed by atoms with Crippen LogP contribution in [0.25, 0.3) is 0 Å². The molecule has 0 aliphatic rings. The molecule has 0 atom stereocenters. The average Bonchev–Trinajstić information content (AvgIpc) is 2.54. The zero-order valence-electron chi connectivity index (χ0n) is 13.5. The molecule has 0 saturated carbocycles. The summed E-state index contributed by atoms with van der Waals surface area (Å²) in [6.07, 6.45) is 0. The van der Waals surface area contributed by atoms with Gasteiger partial charge in [-0.3, -0.25) is 0 Å². The van der Waals surface area contributed by atoms with Gasteiger partial charge in [0.15, 0.2) is 0 Å². The molecule has 2 rings (SSSR count). The minimum absolute atomic E-state index is 0.280. The number of benzene rings is 2. The number of carbonyl (C=O) groups is 2. The second-order valence-corrected chi connectivity index (χ2v) is 5.72. The number of carbonyl (C=O) groups excluding carboxylic acids is 2. The minimum atomic E-state index is -0.457. The van der Waals surface area contributed by atoms with Crippen molar-refractivity contribution in [2.75, 3.05) is 6.61 Å². The number of ether oxygens (including phenoxy) is 2. The Morgan fingerprint density at radius 2 is 1.48 bits per heavy atom. The van der Waals surface area contributed by atoms with Crippen molar-refractivity contribution in [1.82, 2.24) is 0 Å². The number of hydrogen-bond donors (Lipinski definition) is 0. The fourth-order valence-corrected chi connectivity index (χ4v) is 1.90. The van der Waals surface area contributed by atoms with Crippen LogP contribution < -0.4 is 4.74 Å². The minimum Gasteiger partial charge on any atom is -0.462 e. The molecule has 4 heteroatoms. The summed E-state index contributed by atoms with van der Waals surface area (Å²) >= 11 is 0. The summed E-state index contributed by atoms with van der Waals surface area (Å²) in [5, 5.41) is 0. The Hall–Kier alpha value is -2.62. The quantitative estimate of drug-likeness (QED) is 0.618. The van der Waals surface area contributed by atoms with Crippen LogP contribution in [0.3, 0.4) is 0 Å². The molecule has 0 saturated heterocycles. The Bertz CT molecular complexity index is 687. The molecule has 0 bridgehead atoms. The van der Waals surface area contributed by atoms with Crippen LogP contribution in [-0.2, 0) is 4.74 Å². The van der Waals surface area contributed by atoms with Gasteiger partial charge in [-0.1, -0.05) is 32.0 Å². The first kappa shape index (κ1) is 16.7. The predicted octanol–water partition coefficient (Wildman–Crippen LogP) is 4.03. The number of rotatable bonds is 5. The van der Waals surface area contributed by atoms with Crippen LogP contribution in [-0.4, -0.2) is 18.5 Å². The van der Waals surface area contributed by atoms with Crippen molar-refractivity contribution >= 4 is 11.9 Å². The van der Waals surface area contributed by atoms with E-state index in [1.807, 2.05) is 39.0 Å². The van der Waals surface area contributed by atoms with Gasteiger partial charge in [0.2, 0.25) is 0 Å². The Labute approximate surface area is 136 Å². The third-order valence-corrected chi connectivity index (χ3v) is 3.20. The Balaban J connectivity index is 2.03. The molecule has 0 fully saturated rings. The van der Waals surface area contributed by atoms with Crippen LogP contribution in [0.5, 0.6) is 5.75 Å². The van der Waals surface area contributed by atoms with Gasteiger partial charge in [-0.2, -0.15) is 0 Å². The second-order valence-electron chi connectivity index (χ2n) is 5.72. The van der Waals surface area contributed by atoms with Gasteiger partial charge < -0.3 is 9.47 Å². The molecular formula is C19H20O4. The molecule has 0 aromatic heterocycles. The highest BCUT2D eigenvalue weighted by atomic mass is 16.5. The van der Waals surface area contributed by atoms with Gasteiger partial charge in [0.25, 0.3) is 0 Å². The highest BCUT2D eigenvalue weighted by molar-refractivity contribution is 5.94. The van der Waals surface area contributed by atoms with E-state index in [1.54, 1.807) is 30.3 Å². The van der Waals surface area contributed by atoms with Crippen LogP contribution in [0.15, 0.2) is 48.5 Å². The summed E-state index contributed by atoms with van der Waals surface area (Å²) < 4.78 is 10.5. The van der Waals surface area contributed by atoms with E-state index in [1.165, 1.54) is 0 Å². The fraction of sp³-hybridized carbons (Fsp3) is 0.263.